The lowest BCUT2D eigenvalue weighted by atomic mass is 10.1. The fourth-order valence-corrected chi connectivity index (χ4v) is 4.48. The maximum absolute atomic E-state index is 13.1. The molecular weight excluding hydrogens is 430 g/mol. The minimum Gasteiger partial charge on any atom is -0.384 e. The third-order valence-electron chi connectivity index (χ3n) is 6.09. The second-order valence-electron chi connectivity index (χ2n) is 8.84. The number of nitrogens with two attached hydrogens (primary N) is 1. The van der Waals surface area contributed by atoms with E-state index in [1.165, 1.54) is 11.6 Å². The molecule has 1 atom stereocenters. The first-order valence-electron chi connectivity index (χ1n) is 10.9. The molecule has 174 valence electrons. The van der Waals surface area contributed by atoms with Gasteiger partial charge >= 0.3 is 5.69 Å². The Bertz CT molecular complexity index is 1100. The smallest absolute Gasteiger partial charge is 0.332 e. The van der Waals surface area contributed by atoms with Crippen LogP contribution in [0.1, 0.15) is 42.7 Å². The molecule has 1 aromatic heterocycles. The zero-order chi connectivity index (χ0) is 23.6. The Kier molecular flexibility index (Phi) is 7.59. The first kappa shape index (κ1) is 24.2. The minimum absolute atomic E-state index is 0.0391. The van der Waals surface area contributed by atoms with Crippen molar-refractivity contribution in [3.63, 3.8) is 0 Å². The molecule has 2 heterocycles. The number of hydrogen-bond acceptors (Lipinski definition) is 6. The Balaban J connectivity index is 1.72. The lowest BCUT2D eigenvalue weighted by Crippen LogP contribution is -2.49. The Labute approximate surface area is 193 Å². The minimum atomic E-state index is -0.636. The molecule has 1 aromatic carbocycles. The zero-order valence-electron chi connectivity index (χ0n) is 19.2. The van der Waals surface area contributed by atoms with Crippen molar-refractivity contribution in [2.45, 2.75) is 33.4 Å². The molecule has 0 radical (unpaired) electrons. The van der Waals surface area contributed by atoms with E-state index in [4.69, 9.17) is 17.3 Å². The van der Waals surface area contributed by atoms with E-state index in [1.807, 2.05) is 43.0 Å². The number of carbonyl (C=O) groups excluding carboxylic acids is 1. The standard InChI is InChI=1S/C23H32ClN5O3/c1-15(2)13-29-21(25)20(22(31)26(4)23(29)32)19(30)14-27-9-11-28(12-10-27)16(3)17-7-5-6-8-18(17)24/h5-8,15-16H,9-14,25H2,1-4H3. The number of piperazine rings is 1. The van der Waals surface area contributed by atoms with Crippen LogP contribution in [-0.2, 0) is 13.6 Å². The van der Waals surface area contributed by atoms with Gasteiger partial charge in [-0.15, -0.1) is 0 Å². The Morgan fingerprint density at radius 1 is 1.09 bits per heavy atom. The van der Waals surface area contributed by atoms with E-state index in [1.54, 1.807) is 0 Å². The molecule has 8 nitrogen and oxygen atoms in total. The van der Waals surface area contributed by atoms with Gasteiger partial charge in [-0.3, -0.25) is 28.5 Å². The first-order chi connectivity index (χ1) is 15.1. The average Bonchev–Trinajstić information content (AvgIpc) is 2.75. The average molecular weight is 462 g/mol. The summed E-state index contributed by atoms with van der Waals surface area (Å²) >= 11 is 6.35. The number of aromatic nitrogens is 2. The van der Waals surface area contributed by atoms with Gasteiger partial charge in [-0.1, -0.05) is 43.6 Å². The monoisotopic (exact) mass is 461 g/mol. The predicted octanol–water partition coefficient (Wildman–Crippen LogP) is 2.00. The fraction of sp³-hybridized carbons (Fsp3) is 0.522. The highest BCUT2D eigenvalue weighted by atomic mass is 35.5. The summed E-state index contributed by atoms with van der Waals surface area (Å²) in [5.41, 5.74) is 5.99. The molecule has 1 fully saturated rings. The summed E-state index contributed by atoms with van der Waals surface area (Å²) in [6.45, 7) is 9.39. The summed E-state index contributed by atoms with van der Waals surface area (Å²) in [7, 11) is 1.38. The largest absolute Gasteiger partial charge is 0.384 e. The van der Waals surface area contributed by atoms with Crippen LogP contribution in [0.3, 0.4) is 0 Å². The van der Waals surface area contributed by atoms with Crippen LogP contribution in [0, 0.1) is 5.92 Å². The lowest BCUT2D eigenvalue weighted by molar-refractivity contribution is 0.0787. The maximum Gasteiger partial charge on any atom is 0.332 e. The van der Waals surface area contributed by atoms with E-state index in [2.05, 4.69) is 11.8 Å². The van der Waals surface area contributed by atoms with Crippen molar-refractivity contribution in [3.05, 3.63) is 61.3 Å². The molecule has 1 aliphatic rings. The molecule has 0 spiro atoms. The molecule has 0 bridgehead atoms. The van der Waals surface area contributed by atoms with Crippen LogP contribution in [0.15, 0.2) is 33.9 Å². The molecule has 1 unspecified atom stereocenters. The summed E-state index contributed by atoms with van der Waals surface area (Å²) in [6, 6.07) is 8.00. The highest BCUT2D eigenvalue weighted by Crippen LogP contribution is 2.27. The van der Waals surface area contributed by atoms with Crippen molar-refractivity contribution < 1.29 is 4.79 Å². The van der Waals surface area contributed by atoms with E-state index in [-0.39, 0.29) is 35.7 Å². The highest BCUT2D eigenvalue weighted by molar-refractivity contribution is 6.31. The second kappa shape index (κ2) is 10.0. The van der Waals surface area contributed by atoms with Crippen molar-refractivity contribution in [3.8, 4) is 0 Å². The van der Waals surface area contributed by atoms with Gasteiger partial charge in [-0.25, -0.2) is 4.79 Å². The quantitative estimate of drug-likeness (QED) is 0.634. The summed E-state index contributed by atoms with van der Waals surface area (Å²) < 4.78 is 2.29. The molecule has 32 heavy (non-hydrogen) atoms. The van der Waals surface area contributed by atoms with E-state index in [0.717, 1.165) is 28.2 Å². The van der Waals surface area contributed by atoms with Crippen LogP contribution in [0.25, 0.3) is 0 Å². The van der Waals surface area contributed by atoms with Gasteiger partial charge < -0.3 is 5.73 Å². The number of rotatable bonds is 7. The summed E-state index contributed by atoms with van der Waals surface area (Å²) in [5.74, 6) is -0.250. The molecular formula is C23H32ClN5O3. The number of anilines is 1. The Morgan fingerprint density at radius 3 is 2.31 bits per heavy atom. The van der Waals surface area contributed by atoms with Gasteiger partial charge in [0.1, 0.15) is 11.4 Å². The number of nitrogen functional groups attached to an aromatic ring is 1. The van der Waals surface area contributed by atoms with Crippen LogP contribution in [0.5, 0.6) is 0 Å². The van der Waals surface area contributed by atoms with Gasteiger partial charge in [-0.05, 0) is 24.5 Å². The number of ketones is 1. The van der Waals surface area contributed by atoms with Crippen LogP contribution in [-0.4, -0.2) is 57.4 Å². The Morgan fingerprint density at radius 2 is 1.72 bits per heavy atom. The number of hydrogen-bond donors (Lipinski definition) is 1. The van der Waals surface area contributed by atoms with E-state index < -0.39 is 11.2 Å². The van der Waals surface area contributed by atoms with Gasteiger partial charge in [0, 0.05) is 50.8 Å². The molecule has 0 amide bonds. The van der Waals surface area contributed by atoms with Gasteiger partial charge in [-0.2, -0.15) is 0 Å². The number of carbonyl (C=O) groups is 1. The summed E-state index contributed by atoms with van der Waals surface area (Å²) in [5, 5.41) is 0.750. The van der Waals surface area contributed by atoms with Crippen LogP contribution >= 0.6 is 11.6 Å². The van der Waals surface area contributed by atoms with Crippen molar-refractivity contribution in [2.24, 2.45) is 13.0 Å². The van der Waals surface area contributed by atoms with Crippen molar-refractivity contribution in [1.29, 1.82) is 0 Å². The number of halogens is 1. The normalized spacial score (nSPS) is 16.4. The third kappa shape index (κ3) is 4.98. The number of Topliss-reactive ketones (excluding diaryl/α,β-unsaturated/α-hetero) is 1. The summed E-state index contributed by atoms with van der Waals surface area (Å²) in [4.78, 5) is 42.5. The number of benzene rings is 1. The van der Waals surface area contributed by atoms with Gasteiger partial charge in [0.15, 0.2) is 5.78 Å². The number of nitrogens with zero attached hydrogens (tertiary/aromatic N) is 4. The summed E-state index contributed by atoms with van der Waals surface area (Å²) in [6.07, 6.45) is 0. The van der Waals surface area contributed by atoms with Crippen molar-refractivity contribution in [1.82, 2.24) is 18.9 Å². The van der Waals surface area contributed by atoms with E-state index in [0.29, 0.717) is 19.6 Å². The molecule has 0 saturated carbocycles. The van der Waals surface area contributed by atoms with Crippen LogP contribution in [0.2, 0.25) is 5.02 Å². The van der Waals surface area contributed by atoms with Crippen molar-refractivity contribution in [2.75, 3.05) is 38.5 Å². The molecule has 1 aliphatic heterocycles. The molecule has 0 aliphatic carbocycles. The molecule has 1 saturated heterocycles. The highest BCUT2D eigenvalue weighted by Gasteiger charge is 2.27. The van der Waals surface area contributed by atoms with E-state index >= 15 is 0 Å². The molecule has 2 N–H and O–H groups in total. The van der Waals surface area contributed by atoms with Crippen molar-refractivity contribution >= 4 is 23.2 Å². The molecule has 3 rings (SSSR count). The Hall–Kier alpha value is -2.42. The topological polar surface area (TPSA) is 93.6 Å². The predicted molar refractivity (Wildman–Crippen MR) is 127 cm³/mol. The first-order valence-corrected chi connectivity index (χ1v) is 11.3. The maximum atomic E-state index is 13.1. The fourth-order valence-electron chi connectivity index (χ4n) is 4.19. The second-order valence-corrected chi connectivity index (χ2v) is 9.25. The van der Waals surface area contributed by atoms with Gasteiger partial charge in [0.05, 0.1) is 6.54 Å². The zero-order valence-corrected chi connectivity index (χ0v) is 19.9. The lowest BCUT2D eigenvalue weighted by Gasteiger charge is -2.38. The SMILES string of the molecule is CC(C)Cn1c(N)c(C(=O)CN2CCN(C(C)c3ccccc3Cl)CC2)c(=O)n(C)c1=O. The van der Waals surface area contributed by atoms with Gasteiger partial charge in [0.2, 0.25) is 0 Å². The third-order valence-corrected chi connectivity index (χ3v) is 6.43. The van der Waals surface area contributed by atoms with Crippen LogP contribution < -0.4 is 17.0 Å². The molecule has 9 heteroatoms. The van der Waals surface area contributed by atoms with E-state index in [9.17, 15) is 14.4 Å². The van der Waals surface area contributed by atoms with Crippen LogP contribution in [0.4, 0.5) is 5.82 Å². The van der Waals surface area contributed by atoms with Gasteiger partial charge in [0.25, 0.3) is 5.56 Å². The molecule has 2 aromatic rings.